The topological polar surface area (TPSA) is 33.1 Å². The van der Waals surface area contributed by atoms with Crippen LogP contribution in [0.4, 0.5) is 0 Å². The number of hydrogen-bond acceptors (Lipinski definition) is 3. The van der Waals surface area contributed by atoms with Crippen molar-refractivity contribution in [1.29, 1.82) is 0 Å². The van der Waals surface area contributed by atoms with Gasteiger partial charge in [0.25, 0.3) is 0 Å². The second-order valence-corrected chi connectivity index (χ2v) is 5.66. The highest BCUT2D eigenvalue weighted by Crippen LogP contribution is 2.09. The molecule has 1 atom stereocenters. The largest absolute Gasteiger partial charge is 0.333 e. The standard InChI is InChI=1S/C15H28N4/c1-3-4-5-6-14(2)16-7-9-18-11-12-19-10-8-17-15(19)13-18/h8,10,14,16H,3-7,9,11-13H2,1-2H3. The smallest absolute Gasteiger partial charge is 0.122 e. The summed E-state index contributed by atoms with van der Waals surface area (Å²) in [6, 6.07) is 0.651. The molecule has 0 fully saturated rings. The Bertz CT molecular complexity index is 361. The highest BCUT2D eigenvalue weighted by atomic mass is 15.2. The van der Waals surface area contributed by atoms with Crippen LogP contribution in [0, 0.1) is 0 Å². The van der Waals surface area contributed by atoms with Crippen LogP contribution < -0.4 is 5.32 Å². The van der Waals surface area contributed by atoms with E-state index in [1.807, 2.05) is 6.20 Å². The fourth-order valence-corrected chi connectivity index (χ4v) is 2.69. The van der Waals surface area contributed by atoms with Gasteiger partial charge in [-0.25, -0.2) is 4.98 Å². The average Bonchev–Trinajstić information content (AvgIpc) is 2.86. The van der Waals surface area contributed by atoms with Gasteiger partial charge in [-0.3, -0.25) is 4.90 Å². The van der Waals surface area contributed by atoms with E-state index in [1.165, 1.54) is 31.5 Å². The molecule has 1 aliphatic heterocycles. The molecule has 0 saturated carbocycles. The lowest BCUT2D eigenvalue weighted by Crippen LogP contribution is -2.40. The third-order valence-electron chi connectivity index (χ3n) is 3.99. The SMILES string of the molecule is CCCCCC(C)NCCN1CCn2ccnc2C1. The zero-order valence-electron chi connectivity index (χ0n) is 12.4. The molecule has 0 spiro atoms. The Morgan fingerprint density at radius 2 is 2.26 bits per heavy atom. The molecule has 19 heavy (non-hydrogen) atoms. The van der Waals surface area contributed by atoms with Crippen molar-refractivity contribution in [2.75, 3.05) is 19.6 Å². The van der Waals surface area contributed by atoms with Crippen LogP contribution >= 0.6 is 0 Å². The van der Waals surface area contributed by atoms with Crippen molar-refractivity contribution in [3.63, 3.8) is 0 Å². The Labute approximate surface area is 117 Å². The fraction of sp³-hybridized carbons (Fsp3) is 0.800. The molecule has 1 N–H and O–H groups in total. The van der Waals surface area contributed by atoms with Crippen molar-refractivity contribution < 1.29 is 0 Å². The van der Waals surface area contributed by atoms with Crippen molar-refractivity contribution in [3.05, 3.63) is 18.2 Å². The lowest BCUT2D eigenvalue weighted by Gasteiger charge is -2.28. The molecular weight excluding hydrogens is 236 g/mol. The Morgan fingerprint density at radius 1 is 1.37 bits per heavy atom. The van der Waals surface area contributed by atoms with E-state index in [0.717, 1.165) is 32.7 Å². The maximum absolute atomic E-state index is 4.40. The minimum absolute atomic E-state index is 0.651. The average molecular weight is 264 g/mol. The van der Waals surface area contributed by atoms with Gasteiger partial charge >= 0.3 is 0 Å². The van der Waals surface area contributed by atoms with Gasteiger partial charge in [0.2, 0.25) is 0 Å². The summed E-state index contributed by atoms with van der Waals surface area (Å²) in [7, 11) is 0. The second-order valence-electron chi connectivity index (χ2n) is 5.66. The number of rotatable bonds is 8. The molecule has 4 heteroatoms. The van der Waals surface area contributed by atoms with Crippen molar-refractivity contribution in [2.45, 2.75) is 58.7 Å². The molecule has 2 rings (SSSR count). The molecule has 0 radical (unpaired) electrons. The van der Waals surface area contributed by atoms with Gasteiger partial charge in [-0.05, 0) is 13.3 Å². The van der Waals surface area contributed by atoms with E-state index in [0.29, 0.717) is 6.04 Å². The summed E-state index contributed by atoms with van der Waals surface area (Å²) < 4.78 is 2.26. The monoisotopic (exact) mass is 264 g/mol. The number of nitrogens with zero attached hydrogens (tertiary/aromatic N) is 3. The first-order valence-electron chi connectivity index (χ1n) is 7.75. The van der Waals surface area contributed by atoms with E-state index < -0.39 is 0 Å². The molecule has 1 aromatic rings. The first kappa shape index (κ1) is 14.5. The van der Waals surface area contributed by atoms with E-state index in [4.69, 9.17) is 0 Å². The third kappa shape index (κ3) is 4.62. The minimum atomic E-state index is 0.651. The number of fused-ring (bicyclic) bond motifs is 1. The van der Waals surface area contributed by atoms with Crippen molar-refractivity contribution in [3.8, 4) is 0 Å². The Kier molecular flexibility index (Phi) is 5.86. The van der Waals surface area contributed by atoms with Gasteiger partial charge in [-0.15, -0.1) is 0 Å². The quantitative estimate of drug-likeness (QED) is 0.731. The van der Waals surface area contributed by atoms with Gasteiger partial charge < -0.3 is 9.88 Å². The molecular formula is C15H28N4. The van der Waals surface area contributed by atoms with E-state index in [2.05, 4.69) is 39.8 Å². The van der Waals surface area contributed by atoms with Crippen molar-refractivity contribution in [2.24, 2.45) is 0 Å². The van der Waals surface area contributed by atoms with E-state index >= 15 is 0 Å². The summed E-state index contributed by atoms with van der Waals surface area (Å²) in [5.74, 6) is 1.21. The normalized spacial score (nSPS) is 17.4. The molecule has 4 nitrogen and oxygen atoms in total. The fourth-order valence-electron chi connectivity index (χ4n) is 2.69. The maximum Gasteiger partial charge on any atom is 0.122 e. The first-order valence-corrected chi connectivity index (χ1v) is 7.75. The van der Waals surface area contributed by atoms with Crippen molar-refractivity contribution >= 4 is 0 Å². The summed E-state index contributed by atoms with van der Waals surface area (Å²) in [6.07, 6.45) is 9.33. The third-order valence-corrected chi connectivity index (χ3v) is 3.99. The van der Waals surface area contributed by atoms with Crippen LogP contribution in [0.5, 0.6) is 0 Å². The summed E-state index contributed by atoms with van der Waals surface area (Å²) in [6.45, 7) is 10.0. The molecule has 0 aromatic carbocycles. The molecule has 0 aliphatic carbocycles. The van der Waals surface area contributed by atoms with Gasteiger partial charge in [0, 0.05) is 44.6 Å². The predicted molar refractivity (Wildman–Crippen MR) is 79.1 cm³/mol. The number of imidazole rings is 1. The lowest BCUT2D eigenvalue weighted by molar-refractivity contribution is 0.214. The van der Waals surface area contributed by atoms with Gasteiger partial charge in [0.1, 0.15) is 5.82 Å². The van der Waals surface area contributed by atoms with Crippen LogP contribution in [-0.4, -0.2) is 40.1 Å². The lowest BCUT2D eigenvalue weighted by atomic mass is 10.1. The molecule has 0 amide bonds. The van der Waals surface area contributed by atoms with Gasteiger partial charge in [-0.2, -0.15) is 0 Å². The Hall–Kier alpha value is -0.870. The molecule has 108 valence electrons. The second kappa shape index (κ2) is 7.65. The number of aromatic nitrogens is 2. The van der Waals surface area contributed by atoms with Crippen LogP contribution in [0.3, 0.4) is 0 Å². The predicted octanol–water partition coefficient (Wildman–Crippen LogP) is 2.26. The number of unbranched alkanes of at least 4 members (excludes halogenated alkanes) is 2. The van der Waals surface area contributed by atoms with Gasteiger partial charge in [0.05, 0.1) is 6.54 Å². The maximum atomic E-state index is 4.40. The molecule has 1 aliphatic rings. The minimum Gasteiger partial charge on any atom is -0.333 e. The van der Waals surface area contributed by atoms with Gasteiger partial charge in [0.15, 0.2) is 0 Å². The summed E-state index contributed by atoms with van der Waals surface area (Å²) in [5, 5.41) is 3.64. The van der Waals surface area contributed by atoms with Gasteiger partial charge in [-0.1, -0.05) is 26.2 Å². The number of hydrogen-bond donors (Lipinski definition) is 1. The van der Waals surface area contributed by atoms with Crippen LogP contribution in [0.1, 0.15) is 45.4 Å². The highest BCUT2D eigenvalue weighted by molar-refractivity contribution is 4.95. The van der Waals surface area contributed by atoms with Crippen LogP contribution in [0.25, 0.3) is 0 Å². The summed E-state index contributed by atoms with van der Waals surface area (Å²) in [5.41, 5.74) is 0. The number of nitrogens with one attached hydrogen (secondary N) is 1. The molecule has 0 bridgehead atoms. The molecule has 2 heterocycles. The van der Waals surface area contributed by atoms with Crippen LogP contribution in [-0.2, 0) is 13.1 Å². The van der Waals surface area contributed by atoms with Crippen molar-refractivity contribution in [1.82, 2.24) is 19.8 Å². The molecule has 0 saturated heterocycles. The summed E-state index contributed by atoms with van der Waals surface area (Å²) in [4.78, 5) is 6.90. The Morgan fingerprint density at radius 3 is 3.11 bits per heavy atom. The molecule has 1 unspecified atom stereocenters. The Balaban J connectivity index is 1.59. The van der Waals surface area contributed by atoms with E-state index in [1.54, 1.807) is 0 Å². The first-order chi connectivity index (χ1) is 9.29. The highest BCUT2D eigenvalue weighted by Gasteiger charge is 2.15. The zero-order chi connectivity index (χ0) is 13.5. The van der Waals surface area contributed by atoms with E-state index in [-0.39, 0.29) is 0 Å². The zero-order valence-corrected chi connectivity index (χ0v) is 12.4. The molecule has 1 aromatic heterocycles. The van der Waals surface area contributed by atoms with Crippen LogP contribution in [0.2, 0.25) is 0 Å². The van der Waals surface area contributed by atoms with Crippen LogP contribution in [0.15, 0.2) is 12.4 Å². The summed E-state index contributed by atoms with van der Waals surface area (Å²) >= 11 is 0. The van der Waals surface area contributed by atoms with E-state index in [9.17, 15) is 0 Å².